The van der Waals surface area contributed by atoms with Crippen LogP contribution in [0.4, 0.5) is 0 Å². The molecule has 0 bridgehead atoms. The summed E-state index contributed by atoms with van der Waals surface area (Å²) in [5.74, 6) is -1.91. The molecule has 0 atom stereocenters. The Labute approximate surface area is 119 Å². The Morgan fingerprint density at radius 2 is 2.16 bits per heavy atom. The molecule has 0 fully saturated rings. The molecule has 0 radical (unpaired) electrons. The van der Waals surface area contributed by atoms with Gasteiger partial charge < -0.3 is 10.2 Å². The van der Waals surface area contributed by atoms with E-state index in [1.165, 1.54) is 29.2 Å². The number of rotatable bonds is 7. The van der Waals surface area contributed by atoms with Gasteiger partial charge in [-0.1, -0.05) is 6.08 Å². The highest BCUT2D eigenvalue weighted by Crippen LogP contribution is 2.18. The zero-order valence-corrected chi connectivity index (χ0v) is 12.0. The molecular formula is C13H14O4S2. The Morgan fingerprint density at radius 3 is 2.68 bits per heavy atom. The van der Waals surface area contributed by atoms with Gasteiger partial charge in [0, 0.05) is 6.08 Å². The number of allylic oxidation sites excluding steroid dienone is 2. The van der Waals surface area contributed by atoms with Crippen LogP contribution < -0.4 is 0 Å². The van der Waals surface area contributed by atoms with Gasteiger partial charge in [0.2, 0.25) is 0 Å². The molecule has 102 valence electrons. The third-order valence-electron chi connectivity index (χ3n) is 2.29. The number of hydrogen-bond donors (Lipinski definition) is 2. The van der Waals surface area contributed by atoms with Crippen molar-refractivity contribution in [3.63, 3.8) is 0 Å². The second-order valence-electron chi connectivity index (χ2n) is 3.72. The lowest BCUT2D eigenvalue weighted by Gasteiger charge is -2.00. The molecule has 4 nitrogen and oxygen atoms in total. The van der Waals surface area contributed by atoms with E-state index in [4.69, 9.17) is 10.2 Å². The Hall–Kier alpha value is -1.53. The molecule has 0 aliphatic carbocycles. The highest BCUT2D eigenvalue weighted by molar-refractivity contribution is 8.01. The molecule has 1 aromatic heterocycles. The molecule has 0 aliphatic rings. The first kappa shape index (κ1) is 15.5. The molecule has 0 aromatic carbocycles. The molecule has 0 amide bonds. The van der Waals surface area contributed by atoms with Crippen molar-refractivity contribution in [1.82, 2.24) is 0 Å². The van der Waals surface area contributed by atoms with E-state index < -0.39 is 11.9 Å². The summed E-state index contributed by atoms with van der Waals surface area (Å²) in [6.45, 7) is 0. The lowest BCUT2D eigenvalue weighted by atomic mass is 10.1. The van der Waals surface area contributed by atoms with Crippen molar-refractivity contribution in [2.24, 2.45) is 0 Å². The van der Waals surface area contributed by atoms with Crippen LogP contribution in [-0.2, 0) is 11.2 Å². The fourth-order valence-electron chi connectivity index (χ4n) is 1.43. The van der Waals surface area contributed by atoms with E-state index in [1.54, 1.807) is 17.5 Å². The molecule has 0 aliphatic heterocycles. The van der Waals surface area contributed by atoms with Crippen LogP contribution in [0.2, 0.25) is 0 Å². The van der Waals surface area contributed by atoms with Gasteiger partial charge in [-0.25, -0.2) is 9.59 Å². The van der Waals surface area contributed by atoms with Crippen molar-refractivity contribution < 1.29 is 19.8 Å². The van der Waals surface area contributed by atoms with Crippen LogP contribution in [0.25, 0.3) is 0 Å². The van der Waals surface area contributed by atoms with Crippen molar-refractivity contribution >= 4 is 35.0 Å². The van der Waals surface area contributed by atoms with E-state index in [9.17, 15) is 9.59 Å². The van der Waals surface area contributed by atoms with Crippen LogP contribution in [0.15, 0.2) is 34.6 Å². The summed E-state index contributed by atoms with van der Waals surface area (Å²) in [7, 11) is 0. The molecule has 0 saturated heterocycles. The summed E-state index contributed by atoms with van der Waals surface area (Å²) >= 11 is 2.68. The quantitative estimate of drug-likeness (QED) is 0.597. The summed E-state index contributed by atoms with van der Waals surface area (Å²) in [5, 5.41) is 21.2. The third kappa shape index (κ3) is 5.76. The Bertz CT molecular complexity index is 514. The number of carboxylic acid groups (broad SMARTS) is 2. The zero-order chi connectivity index (χ0) is 14.3. The van der Waals surface area contributed by atoms with Gasteiger partial charge >= 0.3 is 11.9 Å². The molecule has 2 N–H and O–H groups in total. The molecule has 1 rings (SSSR count). The third-order valence-corrected chi connectivity index (χ3v) is 3.67. The second-order valence-corrected chi connectivity index (χ2v) is 5.38. The highest BCUT2D eigenvalue weighted by Gasteiger charge is 2.07. The minimum absolute atomic E-state index is 0.304. The minimum atomic E-state index is -0.975. The van der Waals surface area contributed by atoms with Gasteiger partial charge in [0.25, 0.3) is 0 Å². The van der Waals surface area contributed by atoms with Gasteiger partial charge in [0.05, 0.1) is 0 Å². The van der Waals surface area contributed by atoms with Crippen LogP contribution in [0.1, 0.15) is 21.7 Å². The van der Waals surface area contributed by atoms with Crippen molar-refractivity contribution in [2.75, 3.05) is 6.26 Å². The molecule has 6 heteroatoms. The zero-order valence-electron chi connectivity index (χ0n) is 10.3. The van der Waals surface area contributed by atoms with Crippen molar-refractivity contribution in [3.05, 3.63) is 45.0 Å². The van der Waals surface area contributed by atoms with Gasteiger partial charge in [0.15, 0.2) is 0 Å². The lowest BCUT2D eigenvalue weighted by molar-refractivity contribution is -0.131. The molecular weight excluding hydrogens is 284 g/mol. The first-order valence-corrected chi connectivity index (χ1v) is 7.63. The lowest BCUT2D eigenvalue weighted by Crippen LogP contribution is -1.93. The maximum atomic E-state index is 10.7. The topological polar surface area (TPSA) is 74.6 Å². The van der Waals surface area contributed by atoms with Crippen LogP contribution in [0, 0.1) is 0 Å². The molecule has 19 heavy (non-hydrogen) atoms. The average Bonchev–Trinajstić information content (AvgIpc) is 2.81. The van der Waals surface area contributed by atoms with Crippen molar-refractivity contribution in [2.45, 2.75) is 12.8 Å². The summed E-state index contributed by atoms with van der Waals surface area (Å²) in [5.41, 5.74) is 1.63. The fraction of sp³-hybridized carbons (Fsp3) is 0.231. The van der Waals surface area contributed by atoms with Gasteiger partial charge in [0.1, 0.15) is 4.88 Å². The molecule has 0 unspecified atom stereocenters. The normalized spacial score (nSPS) is 11.9. The molecule has 1 heterocycles. The molecule has 0 spiro atoms. The van der Waals surface area contributed by atoms with E-state index in [-0.39, 0.29) is 0 Å². The number of hydrogen-bond acceptors (Lipinski definition) is 4. The summed E-state index contributed by atoms with van der Waals surface area (Å²) in [6, 6.07) is 1.63. The van der Waals surface area contributed by atoms with Gasteiger partial charge in [-0.05, 0) is 47.1 Å². The van der Waals surface area contributed by atoms with Crippen LogP contribution in [-0.4, -0.2) is 28.4 Å². The number of aromatic carboxylic acids is 1. The predicted octanol–water partition coefficient (Wildman–Crippen LogP) is 3.27. The number of aliphatic carboxylic acids is 1. The smallest absolute Gasteiger partial charge is 0.345 e. The van der Waals surface area contributed by atoms with E-state index in [0.717, 1.165) is 5.56 Å². The summed E-state index contributed by atoms with van der Waals surface area (Å²) in [6.07, 6.45) is 6.04. The SMILES string of the molecule is CS/C=C\C(=C\C(=O)O)CCc1csc(C(=O)O)c1. The second kappa shape index (κ2) is 7.81. The van der Waals surface area contributed by atoms with E-state index in [2.05, 4.69) is 0 Å². The number of thioether (sulfide) groups is 1. The van der Waals surface area contributed by atoms with E-state index >= 15 is 0 Å². The van der Waals surface area contributed by atoms with Crippen LogP contribution in [0.3, 0.4) is 0 Å². The van der Waals surface area contributed by atoms with Gasteiger partial charge in [-0.2, -0.15) is 0 Å². The maximum absolute atomic E-state index is 10.7. The number of thiophene rings is 1. The number of aryl methyl sites for hydroxylation is 1. The van der Waals surface area contributed by atoms with E-state index in [1.807, 2.05) is 11.7 Å². The predicted molar refractivity (Wildman–Crippen MR) is 78.0 cm³/mol. The fourth-order valence-corrected chi connectivity index (χ4v) is 2.52. The average molecular weight is 298 g/mol. The van der Waals surface area contributed by atoms with Gasteiger partial charge in [-0.15, -0.1) is 23.1 Å². The largest absolute Gasteiger partial charge is 0.478 e. The first-order valence-electron chi connectivity index (χ1n) is 5.46. The highest BCUT2D eigenvalue weighted by atomic mass is 32.2. The Kier molecular flexibility index (Phi) is 6.38. The molecule has 0 saturated carbocycles. The summed E-state index contributed by atoms with van der Waals surface area (Å²) in [4.78, 5) is 21.7. The standard InChI is InChI=1S/C13H14O4S2/c1-18-5-4-9(7-12(14)15)2-3-10-6-11(13(16)17)19-8-10/h4-8H,2-3H2,1H3,(H,14,15)(H,16,17)/b5-4-,9-7+. The van der Waals surface area contributed by atoms with Crippen molar-refractivity contribution in [1.29, 1.82) is 0 Å². The van der Waals surface area contributed by atoms with Crippen molar-refractivity contribution in [3.8, 4) is 0 Å². The Morgan fingerprint density at radius 1 is 1.42 bits per heavy atom. The van der Waals surface area contributed by atoms with Crippen LogP contribution in [0.5, 0.6) is 0 Å². The minimum Gasteiger partial charge on any atom is -0.478 e. The van der Waals surface area contributed by atoms with E-state index in [0.29, 0.717) is 23.3 Å². The Balaban J connectivity index is 2.67. The number of carbonyl (C=O) groups is 2. The first-order chi connectivity index (χ1) is 9.02. The van der Waals surface area contributed by atoms with Gasteiger partial charge in [-0.3, -0.25) is 0 Å². The molecule has 1 aromatic rings. The summed E-state index contributed by atoms with van der Waals surface area (Å²) < 4.78 is 0. The van der Waals surface area contributed by atoms with Crippen LogP contribution >= 0.6 is 23.1 Å². The maximum Gasteiger partial charge on any atom is 0.345 e. The monoisotopic (exact) mass is 298 g/mol. The number of carboxylic acids is 2.